The molecule has 3 aromatic carbocycles. The number of likely N-dealkylation sites (N-methyl/N-ethyl adjacent to an activating group) is 1. The molecule has 0 aromatic heterocycles. The summed E-state index contributed by atoms with van der Waals surface area (Å²) in [6.45, 7) is 9.37. The summed E-state index contributed by atoms with van der Waals surface area (Å²) in [4.78, 5) is 33.4. The van der Waals surface area contributed by atoms with Gasteiger partial charge in [-0.2, -0.15) is 5.26 Å². The number of carbonyl (C=O) groups is 2. The van der Waals surface area contributed by atoms with Crippen molar-refractivity contribution < 1.29 is 22.7 Å². The highest BCUT2D eigenvalue weighted by Crippen LogP contribution is 2.45. The third kappa shape index (κ3) is 9.50. The van der Waals surface area contributed by atoms with E-state index in [9.17, 15) is 13.2 Å². The van der Waals surface area contributed by atoms with Crippen molar-refractivity contribution >= 4 is 45.0 Å². The van der Waals surface area contributed by atoms with Crippen molar-refractivity contribution in [2.45, 2.75) is 62.3 Å². The number of nitriles is 1. The van der Waals surface area contributed by atoms with Crippen LogP contribution in [-0.4, -0.2) is 93.4 Å². The van der Waals surface area contributed by atoms with Crippen molar-refractivity contribution in [2.75, 3.05) is 52.9 Å². The van der Waals surface area contributed by atoms with Gasteiger partial charge in [0.15, 0.2) is 5.66 Å². The highest BCUT2D eigenvalue weighted by Gasteiger charge is 2.55. The van der Waals surface area contributed by atoms with Gasteiger partial charge in [0, 0.05) is 60.9 Å². The van der Waals surface area contributed by atoms with Gasteiger partial charge >= 0.3 is 0 Å². The van der Waals surface area contributed by atoms with E-state index >= 15 is 4.79 Å². The number of halogens is 2. The van der Waals surface area contributed by atoms with Gasteiger partial charge in [0.1, 0.15) is 5.75 Å². The summed E-state index contributed by atoms with van der Waals surface area (Å²) in [6.07, 6.45) is 0.249. The van der Waals surface area contributed by atoms with Crippen LogP contribution in [-0.2, 0) is 25.3 Å². The van der Waals surface area contributed by atoms with Gasteiger partial charge in [-0.15, -0.1) is 0 Å². The minimum atomic E-state index is -4.03. The van der Waals surface area contributed by atoms with Crippen LogP contribution in [0.1, 0.15) is 62.9 Å². The fourth-order valence-electron chi connectivity index (χ4n) is 6.67. The Hall–Kier alpha value is -3.74. The van der Waals surface area contributed by atoms with Gasteiger partial charge in [-0.05, 0) is 81.3 Å². The Bertz CT molecular complexity index is 1870. The minimum absolute atomic E-state index is 0.0245. The Morgan fingerprint density at radius 3 is 2.00 bits per heavy atom. The standard InChI is InChI=1S/C38H47Cl2N7O5S/c1-6-52-32-17-16-30(53(50,51)44-37(2,3)4)24-31(32)38(36(49)47-22-20-46(21-23-47)25-33(48)45(5)19-7-18-41)42-34(26-8-12-28(39)13-9-26)35(43-38)27-10-14-29(40)15-11-27/h8-17,24,34-35,42-44H,6-7,19-23,25H2,1-5H3/t34-,35+,38?. The Morgan fingerprint density at radius 1 is 0.962 bits per heavy atom. The summed E-state index contributed by atoms with van der Waals surface area (Å²) in [5.41, 5.74) is -0.441. The van der Waals surface area contributed by atoms with Crippen LogP contribution in [0.15, 0.2) is 71.6 Å². The first kappa shape index (κ1) is 40.4. The summed E-state index contributed by atoms with van der Waals surface area (Å²) in [6, 6.07) is 20.4. The predicted molar refractivity (Wildman–Crippen MR) is 205 cm³/mol. The normalized spacial score (nSPS) is 20.9. The van der Waals surface area contributed by atoms with E-state index in [1.165, 1.54) is 12.1 Å². The van der Waals surface area contributed by atoms with Crippen LogP contribution >= 0.6 is 23.2 Å². The molecule has 0 spiro atoms. The van der Waals surface area contributed by atoms with Crippen LogP contribution in [0.4, 0.5) is 0 Å². The van der Waals surface area contributed by atoms with E-state index in [1.54, 1.807) is 68.0 Å². The number of amides is 2. The number of benzene rings is 3. The quantitative estimate of drug-likeness (QED) is 0.236. The molecule has 2 aliphatic heterocycles. The Balaban J connectivity index is 1.61. The number of carbonyl (C=O) groups excluding carboxylic acids is 2. The van der Waals surface area contributed by atoms with Gasteiger partial charge in [-0.25, -0.2) is 13.1 Å². The van der Waals surface area contributed by atoms with Gasteiger partial charge in [-0.1, -0.05) is 47.5 Å². The predicted octanol–water partition coefficient (Wildman–Crippen LogP) is 4.81. The molecule has 12 nitrogen and oxygen atoms in total. The maximum absolute atomic E-state index is 15.3. The molecule has 0 saturated carbocycles. The SMILES string of the molecule is CCOc1ccc(S(=O)(=O)NC(C)(C)C)cc1C1(C(=O)N2CCN(CC(=O)N(C)CCC#N)CC2)N[C@H](c2ccc(Cl)cc2)[C@H](c2ccc(Cl)cc2)N1. The van der Waals surface area contributed by atoms with Gasteiger partial charge in [-0.3, -0.25) is 25.1 Å². The molecule has 1 unspecified atom stereocenters. The fourth-order valence-corrected chi connectivity index (χ4v) is 8.37. The number of ether oxygens (including phenoxy) is 1. The first-order valence-corrected chi connectivity index (χ1v) is 19.8. The minimum Gasteiger partial charge on any atom is -0.493 e. The molecular weight excluding hydrogens is 737 g/mol. The first-order chi connectivity index (χ1) is 25.1. The molecular formula is C38H47Cl2N7O5S. The van der Waals surface area contributed by atoms with Crippen LogP contribution < -0.4 is 20.1 Å². The van der Waals surface area contributed by atoms with Crippen molar-refractivity contribution in [3.8, 4) is 11.8 Å². The second-order valence-electron chi connectivity index (χ2n) is 14.3. The molecule has 3 N–H and O–H groups in total. The lowest BCUT2D eigenvalue weighted by atomic mass is 9.95. The third-order valence-corrected chi connectivity index (χ3v) is 11.5. The number of hydrogen-bond donors (Lipinski definition) is 3. The van der Waals surface area contributed by atoms with Crippen molar-refractivity contribution in [3.63, 3.8) is 0 Å². The van der Waals surface area contributed by atoms with Crippen molar-refractivity contribution in [1.29, 1.82) is 5.26 Å². The lowest BCUT2D eigenvalue weighted by Crippen LogP contribution is -2.62. The number of sulfonamides is 1. The molecule has 3 aromatic rings. The molecule has 0 aliphatic carbocycles. The lowest BCUT2D eigenvalue weighted by Gasteiger charge is -2.41. The van der Waals surface area contributed by atoms with Crippen LogP contribution in [0.3, 0.4) is 0 Å². The number of piperazine rings is 1. The molecule has 284 valence electrons. The number of nitrogens with one attached hydrogen (secondary N) is 3. The van der Waals surface area contributed by atoms with E-state index in [0.717, 1.165) is 11.1 Å². The zero-order valence-corrected chi connectivity index (χ0v) is 33.0. The van der Waals surface area contributed by atoms with Crippen LogP contribution in [0.5, 0.6) is 5.75 Å². The van der Waals surface area contributed by atoms with Gasteiger partial charge in [0.2, 0.25) is 15.9 Å². The molecule has 0 radical (unpaired) electrons. The molecule has 2 saturated heterocycles. The maximum atomic E-state index is 15.3. The van der Waals surface area contributed by atoms with E-state index < -0.39 is 33.3 Å². The summed E-state index contributed by atoms with van der Waals surface area (Å²) < 4.78 is 36.4. The van der Waals surface area contributed by atoms with Crippen molar-refractivity contribution in [2.24, 2.45) is 0 Å². The van der Waals surface area contributed by atoms with E-state index in [1.807, 2.05) is 36.1 Å². The summed E-state index contributed by atoms with van der Waals surface area (Å²) in [5.74, 6) is -0.0911. The van der Waals surface area contributed by atoms with E-state index in [4.69, 9.17) is 33.2 Å². The summed E-state index contributed by atoms with van der Waals surface area (Å²) in [7, 11) is -2.35. The van der Waals surface area contributed by atoms with Crippen LogP contribution in [0.25, 0.3) is 0 Å². The van der Waals surface area contributed by atoms with E-state index in [-0.39, 0.29) is 36.3 Å². The average molecular weight is 785 g/mol. The highest BCUT2D eigenvalue weighted by molar-refractivity contribution is 7.89. The van der Waals surface area contributed by atoms with Crippen molar-refractivity contribution in [3.05, 3.63) is 93.5 Å². The Kier molecular flexibility index (Phi) is 12.8. The average Bonchev–Trinajstić information content (AvgIpc) is 3.52. The van der Waals surface area contributed by atoms with E-state index in [2.05, 4.69) is 21.4 Å². The zero-order chi connectivity index (χ0) is 38.6. The molecule has 53 heavy (non-hydrogen) atoms. The lowest BCUT2D eigenvalue weighted by molar-refractivity contribution is -0.142. The van der Waals surface area contributed by atoms with Crippen LogP contribution in [0, 0.1) is 11.3 Å². The summed E-state index contributed by atoms with van der Waals surface area (Å²) in [5, 5.41) is 17.3. The molecule has 0 bridgehead atoms. The fraction of sp³-hybridized carbons (Fsp3) is 0.447. The monoisotopic (exact) mass is 783 g/mol. The second-order valence-corrected chi connectivity index (χ2v) is 16.9. The Labute approximate surface area is 322 Å². The topological polar surface area (TPSA) is 147 Å². The smallest absolute Gasteiger partial charge is 0.262 e. The van der Waals surface area contributed by atoms with Crippen molar-refractivity contribution in [1.82, 2.24) is 30.1 Å². The number of rotatable bonds is 12. The largest absolute Gasteiger partial charge is 0.493 e. The molecule has 15 heteroatoms. The first-order valence-electron chi connectivity index (χ1n) is 17.6. The molecule has 2 heterocycles. The van der Waals surface area contributed by atoms with E-state index in [0.29, 0.717) is 54.1 Å². The maximum Gasteiger partial charge on any atom is 0.262 e. The molecule has 2 aliphatic rings. The van der Waals surface area contributed by atoms with Crippen LogP contribution in [0.2, 0.25) is 10.0 Å². The summed E-state index contributed by atoms with van der Waals surface area (Å²) >= 11 is 12.6. The molecule has 2 amide bonds. The molecule has 5 rings (SSSR count). The van der Waals surface area contributed by atoms with Gasteiger partial charge in [0.05, 0.1) is 42.6 Å². The number of nitrogens with zero attached hydrogens (tertiary/aromatic N) is 4. The second kappa shape index (κ2) is 16.7. The Morgan fingerprint density at radius 2 is 1.51 bits per heavy atom. The zero-order valence-electron chi connectivity index (χ0n) is 30.7. The molecule has 2 fully saturated rings. The van der Waals surface area contributed by atoms with Gasteiger partial charge in [0.25, 0.3) is 5.91 Å². The molecule has 3 atom stereocenters. The van der Waals surface area contributed by atoms with Gasteiger partial charge < -0.3 is 14.5 Å². The third-order valence-electron chi connectivity index (χ3n) is 9.27. The highest BCUT2D eigenvalue weighted by atomic mass is 35.5. The number of hydrogen-bond acceptors (Lipinski definition) is 9.